The fraction of sp³-hybridized carbons (Fsp3) is 0.667. The first-order valence-electron chi connectivity index (χ1n) is 2.77. The zero-order chi connectivity index (χ0) is 6.24. The van der Waals surface area contributed by atoms with Gasteiger partial charge in [0.1, 0.15) is 0 Å². The van der Waals surface area contributed by atoms with E-state index >= 15 is 0 Å². The van der Waals surface area contributed by atoms with E-state index in [-0.39, 0.29) is 0 Å². The Morgan fingerprint density at radius 1 is 1.75 bits per heavy atom. The molecule has 0 aromatic heterocycles. The summed E-state index contributed by atoms with van der Waals surface area (Å²) in [5.41, 5.74) is 0. The molecule has 0 atom stereocenters. The molecular weight excluding hydrogens is 100 g/mol. The van der Waals surface area contributed by atoms with Crippen LogP contribution in [0.2, 0.25) is 0 Å². The number of nitriles is 1. The highest BCUT2D eigenvalue weighted by molar-refractivity contribution is 5.59. The van der Waals surface area contributed by atoms with Crippen LogP contribution in [-0.4, -0.2) is 12.8 Å². The molecule has 8 heavy (non-hydrogen) atoms. The maximum absolute atomic E-state index is 8.02. The molecule has 0 aromatic rings. The number of aliphatic imine (C=N–C) groups is 1. The molecular formula is C6H10N2. The van der Waals surface area contributed by atoms with Crippen LogP contribution >= 0.6 is 0 Å². The van der Waals surface area contributed by atoms with Gasteiger partial charge in [-0.25, -0.2) is 0 Å². The van der Waals surface area contributed by atoms with Crippen LogP contribution in [0.25, 0.3) is 0 Å². The van der Waals surface area contributed by atoms with Crippen molar-refractivity contribution >= 4 is 6.21 Å². The first kappa shape index (κ1) is 7.16. The largest absolute Gasteiger partial charge is 0.296 e. The lowest BCUT2D eigenvalue weighted by Crippen LogP contribution is -1.76. The monoisotopic (exact) mass is 110 g/mol. The highest BCUT2D eigenvalue weighted by Crippen LogP contribution is 1.76. The quantitative estimate of drug-likeness (QED) is 0.505. The van der Waals surface area contributed by atoms with Crippen molar-refractivity contribution in [3.8, 4) is 6.07 Å². The van der Waals surface area contributed by atoms with E-state index < -0.39 is 0 Å². The van der Waals surface area contributed by atoms with Gasteiger partial charge in [-0.15, -0.1) is 0 Å². The fourth-order valence-electron chi connectivity index (χ4n) is 0.326. The van der Waals surface area contributed by atoms with Gasteiger partial charge in [-0.05, 0) is 6.42 Å². The van der Waals surface area contributed by atoms with Gasteiger partial charge >= 0.3 is 0 Å². The van der Waals surface area contributed by atoms with Crippen molar-refractivity contribution < 1.29 is 0 Å². The lowest BCUT2D eigenvalue weighted by Gasteiger charge is -1.80. The minimum absolute atomic E-state index is 0.444. The van der Waals surface area contributed by atoms with Gasteiger partial charge in [0.15, 0.2) is 0 Å². The van der Waals surface area contributed by atoms with E-state index in [1.807, 2.05) is 6.07 Å². The third-order valence-electron chi connectivity index (χ3n) is 0.664. The molecule has 0 N–H and O–H groups in total. The van der Waals surface area contributed by atoms with E-state index in [9.17, 15) is 0 Å². The van der Waals surface area contributed by atoms with Gasteiger partial charge in [0.25, 0.3) is 0 Å². The molecule has 2 nitrogen and oxygen atoms in total. The van der Waals surface area contributed by atoms with Crippen LogP contribution in [0.3, 0.4) is 0 Å². The topological polar surface area (TPSA) is 36.1 Å². The summed E-state index contributed by atoms with van der Waals surface area (Å²) in [4.78, 5) is 3.93. The summed E-state index contributed by atoms with van der Waals surface area (Å²) >= 11 is 0. The Balaban J connectivity index is 2.98. The van der Waals surface area contributed by atoms with Crippen LogP contribution in [0, 0.1) is 11.3 Å². The second-order valence-electron chi connectivity index (χ2n) is 1.45. The predicted octanol–water partition coefficient (Wildman–Crippen LogP) is 1.38. The molecule has 2 heteroatoms. The molecule has 0 aromatic carbocycles. The molecule has 0 aliphatic rings. The van der Waals surface area contributed by atoms with Crippen molar-refractivity contribution in [1.82, 2.24) is 0 Å². The van der Waals surface area contributed by atoms with E-state index in [0.717, 1.165) is 13.0 Å². The number of hydrogen-bond donors (Lipinski definition) is 0. The smallest absolute Gasteiger partial charge is 0.0700 e. The van der Waals surface area contributed by atoms with Crippen molar-refractivity contribution in [3.05, 3.63) is 0 Å². The molecule has 0 aliphatic heterocycles. The van der Waals surface area contributed by atoms with Crippen LogP contribution in [0.1, 0.15) is 19.8 Å². The number of rotatable bonds is 3. The molecule has 0 saturated heterocycles. The predicted molar refractivity (Wildman–Crippen MR) is 33.9 cm³/mol. The van der Waals surface area contributed by atoms with Gasteiger partial charge in [-0.3, -0.25) is 4.99 Å². The Kier molecular flexibility index (Phi) is 5.51. The molecule has 0 fully saturated rings. The number of hydrogen-bond acceptors (Lipinski definition) is 2. The Bertz CT molecular complexity index is 99.6. The molecule has 0 unspecified atom stereocenters. The van der Waals surface area contributed by atoms with Crippen molar-refractivity contribution in [3.63, 3.8) is 0 Å². The summed E-state index contributed by atoms with van der Waals surface area (Å²) in [6.45, 7) is 2.91. The third-order valence-corrected chi connectivity index (χ3v) is 0.664. The van der Waals surface area contributed by atoms with E-state index in [2.05, 4.69) is 11.9 Å². The summed E-state index contributed by atoms with van der Waals surface area (Å²) < 4.78 is 0. The van der Waals surface area contributed by atoms with Crippen LogP contribution < -0.4 is 0 Å². The standard InChI is InChI=1S/C6H10N2/c1-2-5-8-6-3-4-7/h6H,2-3,5H2,1H3. The molecule has 0 rings (SSSR count). The van der Waals surface area contributed by atoms with E-state index in [1.165, 1.54) is 0 Å². The Morgan fingerprint density at radius 3 is 3.00 bits per heavy atom. The van der Waals surface area contributed by atoms with Gasteiger partial charge in [-0.2, -0.15) is 5.26 Å². The van der Waals surface area contributed by atoms with Gasteiger partial charge < -0.3 is 0 Å². The lowest BCUT2D eigenvalue weighted by molar-refractivity contribution is 0.934. The second-order valence-corrected chi connectivity index (χ2v) is 1.45. The van der Waals surface area contributed by atoms with E-state index in [0.29, 0.717) is 6.42 Å². The third kappa shape index (κ3) is 5.16. The summed E-state index contributed by atoms with van der Waals surface area (Å²) in [7, 11) is 0. The Labute approximate surface area is 49.9 Å². The summed E-state index contributed by atoms with van der Waals surface area (Å²) in [5.74, 6) is 0. The summed E-state index contributed by atoms with van der Waals surface area (Å²) in [6.07, 6.45) is 3.16. The van der Waals surface area contributed by atoms with Crippen molar-refractivity contribution in [2.75, 3.05) is 6.54 Å². The van der Waals surface area contributed by atoms with E-state index in [4.69, 9.17) is 5.26 Å². The molecule has 0 aliphatic carbocycles. The maximum Gasteiger partial charge on any atom is 0.0700 e. The molecule has 0 radical (unpaired) electrons. The zero-order valence-electron chi connectivity index (χ0n) is 5.09. The molecule has 0 saturated carbocycles. The van der Waals surface area contributed by atoms with Crippen molar-refractivity contribution in [2.24, 2.45) is 4.99 Å². The Morgan fingerprint density at radius 2 is 2.50 bits per heavy atom. The summed E-state index contributed by atoms with van der Waals surface area (Å²) in [5, 5.41) is 8.02. The first-order valence-corrected chi connectivity index (χ1v) is 2.77. The average Bonchev–Trinajstić information content (AvgIpc) is 1.81. The van der Waals surface area contributed by atoms with Gasteiger partial charge in [0.05, 0.1) is 12.5 Å². The SMILES string of the molecule is CCCN=CCC#N. The van der Waals surface area contributed by atoms with Crippen LogP contribution in [-0.2, 0) is 0 Å². The molecule has 0 heterocycles. The normalized spacial score (nSPS) is 9.50. The zero-order valence-corrected chi connectivity index (χ0v) is 5.09. The molecule has 44 valence electrons. The molecule has 0 spiro atoms. The van der Waals surface area contributed by atoms with Crippen molar-refractivity contribution in [2.45, 2.75) is 19.8 Å². The van der Waals surface area contributed by atoms with Crippen LogP contribution in [0.5, 0.6) is 0 Å². The highest BCUT2D eigenvalue weighted by Gasteiger charge is 1.71. The van der Waals surface area contributed by atoms with E-state index in [1.54, 1.807) is 6.21 Å². The van der Waals surface area contributed by atoms with Gasteiger partial charge in [0, 0.05) is 12.8 Å². The molecule has 0 bridgehead atoms. The van der Waals surface area contributed by atoms with Crippen molar-refractivity contribution in [1.29, 1.82) is 5.26 Å². The van der Waals surface area contributed by atoms with Gasteiger partial charge in [0.2, 0.25) is 0 Å². The maximum atomic E-state index is 8.02. The average molecular weight is 110 g/mol. The fourth-order valence-corrected chi connectivity index (χ4v) is 0.326. The first-order chi connectivity index (χ1) is 3.91. The Hall–Kier alpha value is -0.840. The van der Waals surface area contributed by atoms with Crippen LogP contribution in [0.4, 0.5) is 0 Å². The molecule has 0 amide bonds. The minimum Gasteiger partial charge on any atom is -0.296 e. The lowest BCUT2D eigenvalue weighted by atomic mass is 10.5. The number of nitrogens with zero attached hydrogens (tertiary/aromatic N) is 2. The van der Waals surface area contributed by atoms with Crippen LogP contribution in [0.15, 0.2) is 4.99 Å². The second kappa shape index (κ2) is 6.16. The van der Waals surface area contributed by atoms with Gasteiger partial charge in [-0.1, -0.05) is 6.92 Å². The summed E-state index contributed by atoms with van der Waals surface area (Å²) in [6, 6.07) is 1.98. The highest BCUT2D eigenvalue weighted by atomic mass is 14.7. The minimum atomic E-state index is 0.444.